The first-order chi connectivity index (χ1) is 19.0. The molecule has 2 spiro atoms. The Labute approximate surface area is 228 Å². The number of carbonyl (C=O) groups is 1. The molecule has 2 saturated carbocycles. The first-order valence-corrected chi connectivity index (χ1v) is 14.3. The van der Waals surface area contributed by atoms with Gasteiger partial charge in [-0.05, 0) is 74.8 Å². The molecule has 5 aliphatic carbocycles. The van der Waals surface area contributed by atoms with E-state index in [0.717, 1.165) is 56.2 Å². The molecule has 5 atom stereocenters. The van der Waals surface area contributed by atoms with Crippen LogP contribution in [-0.2, 0) is 27.9 Å². The average Bonchev–Trinajstić information content (AvgIpc) is 3.70. The molecule has 2 aliphatic heterocycles. The van der Waals surface area contributed by atoms with Crippen LogP contribution in [0.2, 0.25) is 0 Å². The molecule has 0 radical (unpaired) electrons. The minimum Gasteiger partial charge on any atom is -0.506 e. The van der Waals surface area contributed by atoms with Crippen molar-refractivity contribution in [2.24, 2.45) is 11.3 Å². The van der Waals surface area contributed by atoms with Gasteiger partial charge < -0.3 is 24.6 Å². The van der Waals surface area contributed by atoms with Crippen molar-refractivity contribution in [1.82, 2.24) is 15.2 Å². The van der Waals surface area contributed by atoms with Crippen LogP contribution < -0.4 is 14.8 Å². The number of aromatic hydroxyl groups is 1. The predicted octanol–water partition coefficient (Wildman–Crippen LogP) is 3.26. The molecule has 2 N–H and O–H groups in total. The summed E-state index contributed by atoms with van der Waals surface area (Å²) in [5.41, 5.74) is 2.39. The van der Waals surface area contributed by atoms with Crippen molar-refractivity contribution < 1.29 is 24.1 Å². The molecule has 1 amide bonds. The number of methoxy groups -OCH3 is 2. The minimum absolute atomic E-state index is 0.0719. The van der Waals surface area contributed by atoms with Crippen molar-refractivity contribution in [3.8, 4) is 17.2 Å². The summed E-state index contributed by atoms with van der Waals surface area (Å²) in [5, 5.41) is 13.3. The number of nitrogens with one attached hydrogen (secondary N) is 1. The lowest BCUT2D eigenvalue weighted by Gasteiger charge is -2.70. The topological polar surface area (TPSA) is 93.2 Å². The van der Waals surface area contributed by atoms with Gasteiger partial charge in [-0.2, -0.15) is 0 Å². The smallest absolute Gasteiger partial charge is 0.250 e. The van der Waals surface area contributed by atoms with Gasteiger partial charge in [-0.25, -0.2) is 0 Å². The molecule has 8 heteroatoms. The molecular weight excluding hydrogens is 494 g/mol. The van der Waals surface area contributed by atoms with Gasteiger partial charge in [-0.3, -0.25) is 14.7 Å². The standard InChI is InChI=1S/C31H35N3O5/c1-37-23-8-7-19-14-24-29-9-10-31(38-2,20(15-29)27(36)33-16-21-22(35)4-3-12-32-21)28-30(29,25(19)26(23)39-28)11-13-34(24)17-18-5-6-18/h3-4,7-8,12,15,18,24,28,35H,5-6,9-11,13-14,16-17H2,1-2H3,(H,33,36)/t24-,28-,29-,30+,31-/m1/s1. The summed E-state index contributed by atoms with van der Waals surface area (Å²) in [6.45, 7) is 2.31. The molecule has 1 aromatic heterocycles. The fourth-order valence-corrected chi connectivity index (χ4v) is 9.09. The summed E-state index contributed by atoms with van der Waals surface area (Å²) in [6.07, 6.45) is 9.86. The van der Waals surface area contributed by atoms with Gasteiger partial charge in [0.25, 0.3) is 0 Å². The van der Waals surface area contributed by atoms with E-state index < -0.39 is 5.60 Å². The van der Waals surface area contributed by atoms with Gasteiger partial charge in [-0.15, -0.1) is 0 Å². The number of aromatic nitrogens is 1. The molecule has 9 rings (SSSR count). The van der Waals surface area contributed by atoms with Gasteiger partial charge in [0.1, 0.15) is 23.1 Å². The van der Waals surface area contributed by atoms with Crippen LogP contribution in [0.15, 0.2) is 42.1 Å². The summed E-state index contributed by atoms with van der Waals surface area (Å²) >= 11 is 0. The number of pyridine rings is 1. The summed E-state index contributed by atoms with van der Waals surface area (Å²) in [4.78, 5) is 21.0. The number of fused-ring (bicyclic) bond motifs is 1. The summed E-state index contributed by atoms with van der Waals surface area (Å²) in [7, 11) is 3.42. The third kappa shape index (κ3) is 2.86. The van der Waals surface area contributed by atoms with Gasteiger partial charge in [-0.1, -0.05) is 12.1 Å². The normalized spacial score (nSPS) is 35.2. The van der Waals surface area contributed by atoms with Crippen LogP contribution in [-0.4, -0.2) is 66.0 Å². The van der Waals surface area contributed by atoms with E-state index in [1.165, 1.54) is 24.0 Å². The molecule has 1 saturated heterocycles. The molecule has 7 aliphatic rings. The molecule has 0 unspecified atom stereocenters. The van der Waals surface area contributed by atoms with E-state index in [4.69, 9.17) is 14.2 Å². The molecule has 204 valence electrons. The van der Waals surface area contributed by atoms with Crippen molar-refractivity contribution in [2.75, 3.05) is 27.3 Å². The van der Waals surface area contributed by atoms with Crippen molar-refractivity contribution in [3.63, 3.8) is 0 Å². The fourth-order valence-electron chi connectivity index (χ4n) is 9.09. The Balaban J connectivity index is 1.28. The number of ether oxygens (including phenoxy) is 3. The minimum atomic E-state index is -0.875. The Hall–Kier alpha value is -3.10. The van der Waals surface area contributed by atoms with E-state index in [9.17, 15) is 9.90 Å². The second-order valence-electron chi connectivity index (χ2n) is 12.4. The van der Waals surface area contributed by atoms with Gasteiger partial charge in [0.05, 0.1) is 19.1 Å². The summed E-state index contributed by atoms with van der Waals surface area (Å²) in [6, 6.07) is 7.85. The zero-order valence-electron chi connectivity index (χ0n) is 22.5. The van der Waals surface area contributed by atoms with Crippen molar-refractivity contribution >= 4 is 5.91 Å². The molecule has 3 heterocycles. The Bertz CT molecular complexity index is 1420. The number of hydrogen-bond acceptors (Lipinski definition) is 7. The number of hydrogen-bond donors (Lipinski definition) is 2. The van der Waals surface area contributed by atoms with Crippen molar-refractivity contribution in [3.05, 3.63) is 58.9 Å². The molecule has 39 heavy (non-hydrogen) atoms. The van der Waals surface area contributed by atoms with Crippen molar-refractivity contribution in [1.29, 1.82) is 0 Å². The largest absolute Gasteiger partial charge is 0.506 e. The Kier molecular flexibility index (Phi) is 4.86. The van der Waals surface area contributed by atoms with E-state index in [1.807, 2.05) is 6.07 Å². The van der Waals surface area contributed by atoms with E-state index in [0.29, 0.717) is 17.3 Å². The fraction of sp³-hybridized carbons (Fsp3) is 0.548. The first kappa shape index (κ1) is 23.8. The number of carbonyl (C=O) groups excluding carboxylic acids is 1. The van der Waals surface area contributed by atoms with Crippen LogP contribution in [0.1, 0.15) is 48.9 Å². The van der Waals surface area contributed by atoms with E-state index in [2.05, 4.69) is 27.3 Å². The lowest BCUT2D eigenvalue weighted by molar-refractivity contribution is -0.196. The van der Waals surface area contributed by atoms with Crippen LogP contribution in [0.3, 0.4) is 0 Å². The molecular formula is C31H35N3O5. The second-order valence-corrected chi connectivity index (χ2v) is 12.4. The predicted molar refractivity (Wildman–Crippen MR) is 143 cm³/mol. The number of nitrogens with zero attached hydrogens (tertiary/aromatic N) is 2. The lowest BCUT2D eigenvalue weighted by atomic mass is 9.37. The molecule has 8 nitrogen and oxygen atoms in total. The van der Waals surface area contributed by atoms with Crippen LogP contribution in [0.25, 0.3) is 0 Å². The summed E-state index contributed by atoms with van der Waals surface area (Å²) < 4.78 is 19.2. The van der Waals surface area contributed by atoms with Gasteiger partial charge in [0.15, 0.2) is 11.5 Å². The zero-order chi connectivity index (χ0) is 26.6. The third-order valence-electron chi connectivity index (χ3n) is 10.9. The highest BCUT2D eigenvalue weighted by Crippen LogP contribution is 2.75. The molecule has 3 fully saturated rings. The second kappa shape index (κ2) is 7.98. The maximum absolute atomic E-state index is 14.0. The zero-order valence-corrected chi connectivity index (χ0v) is 22.5. The van der Waals surface area contributed by atoms with Gasteiger partial charge in [0, 0.05) is 42.4 Å². The average molecular weight is 530 g/mol. The molecule has 4 bridgehead atoms. The number of amides is 1. The van der Waals surface area contributed by atoms with E-state index >= 15 is 0 Å². The highest BCUT2D eigenvalue weighted by atomic mass is 16.6. The highest BCUT2D eigenvalue weighted by Gasteiger charge is 2.79. The maximum Gasteiger partial charge on any atom is 0.250 e. The SMILES string of the molecule is COc1ccc2c3c1O[C@@H]1[C@]34CCN(CC3CC3)[C@H](C2)[C@@]42C=C(C(=O)NCc3ncccc3O)[C@]1(OC)CC2. The molecule has 2 aromatic rings. The molecule has 1 aromatic carbocycles. The quantitative estimate of drug-likeness (QED) is 0.569. The Morgan fingerprint density at radius 1 is 1.23 bits per heavy atom. The van der Waals surface area contributed by atoms with Gasteiger partial charge >= 0.3 is 0 Å². The maximum atomic E-state index is 14.0. The third-order valence-corrected chi connectivity index (χ3v) is 10.9. The van der Waals surface area contributed by atoms with Crippen molar-refractivity contribution in [2.45, 2.75) is 68.2 Å². The lowest BCUT2D eigenvalue weighted by Crippen LogP contribution is -2.78. The van der Waals surface area contributed by atoms with E-state index in [-0.39, 0.29) is 35.1 Å². The van der Waals surface area contributed by atoms with Crippen LogP contribution in [0.5, 0.6) is 17.2 Å². The monoisotopic (exact) mass is 529 g/mol. The number of benzene rings is 1. The van der Waals surface area contributed by atoms with Crippen LogP contribution in [0, 0.1) is 11.3 Å². The first-order valence-electron chi connectivity index (χ1n) is 14.3. The summed E-state index contributed by atoms with van der Waals surface area (Å²) in [5.74, 6) is 2.29. The van der Waals surface area contributed by atoms with Gasteiger partial charge in [0.2, 0.25) is 5.91 Å². The number of rotatable bonds is 7. The number of likely N-dealkylation sites (tertiary alicyclic amines) is 1. The van der Waals surface area contributed by atoms with Crippen LogP contribution in [0.4, 0.5) is 0 Å². The Morgan fingerprint density at radius 3 is 2.87 bits per heavy atom. The van der Waals surface area contributed by atoms with Crippen LogP contribution >= 0.6 is 0 Å². The number of piperidine rings is 1. The Morgan fingerprint density at radius 2 is 2.10 bits per heavy atom. The highest BCUT2D eigenvalue weighted by molar-refractivity contribution is 5.97. The van der Waals surface area contributed by atoms with E-state index in [1.54, 1.807) is 32.5 Å².